The lowest BCUT2D eigenvalue weighted by molar-refractivity contribution is 0.985. The molecule has 0 fully saturated rings. The quantitative estimate of drug-likeness (QED) is 0.849. The third-order valence-electron chi connectivity index (χ3n) is 1.71. The third kappa shape index (κ3) is 2.73. The molecule has 2 rings (SSSR count). The van der Waals surface area contributed by atoms with Crippen LogP contribution >= 0.6 is 27.7 Å². The van der Waals surface area contributed by atoms with Crippen LogP contribution in [0.25, 0.3) is 0 Å². The standard InChI is InChI=1S/C9H10BrN5S/c1-2-11-8-14-5-6(10)7(15-8)16-9-12-3-4-13-9/h3-5H,2H2,1H3,(H,12,13)(H,11,14,15). The van der Waals surface area contributed by atoms with Crippen molar-refractivity contribution in [3.05, 3.63) is 23.1 Å². The minimum Gasteiger partial charge on any atom is -0.354 e. The van der Waals surface area contributed by atoms with Crippen molar-refractivity contribution in [2.45, 2.75) is 17.1 Å². The molecule has 2 aromatic heterocycles. The minimum absolute atomic E-state index is 0.625. The second kappa shape index (κ2) is 5.31. The van der Waals surface area contributed by atoms with E-state index in [0.717, 1.165) is 21.2 Å². The van der Waals surface area contributed by atoms with E-state index in [4.69, 9.17) is 0 Å². The molecule has 0 radical (unpaired) electrons. The summed E-state index contributed by atoms with van der Waals surface area (Å²) in [6.45, 7) is 2.80. The summed E-state index contributed by atoms with van der Waals surface area (Å²) in [5.74, 6) is 0.625. The van der Waals surface area contributed by atoms with E-state index in [-0.39, 0.29) is 0 Å². The van der Waals surface area contributed by atoms with Crippen molar-refractivity contribution in [3.8, 4) is 0 Å². The molecular formula is C9H10BrN5S. The molecule has 0 bridgehead atoms. The van der Waals surface area contributed by atoms with Crippen molar-refractivity contribution in [1.29, 1.82) is 0 Å². The average molecular weight is 300 g/mol. The number of aromatic amines is 1. The van der Waals surface area contributed by atoms with Crippen LogP contribution in [0.15, 0.2) is 33.2 Å². The van der Waals surface area contributed by atoms with E-state index in [1.165, 1.54) is 11.8 Å². The van der Waals surface area contributed by atoms with Crippen LogP contribution in [-0.4, -0.2) is 26.5 Å². The van der Waals surface area contributed by atoms with Crippen LogP contribution in [0.1, 0.15) is 6.92 Å². The summed E-state index contributed by atoms with van der Waals surface area (Å²) in [6.07, 6.45) is 5.22. The zero-order chi connectivity index (χ0) is 11.4. The molecule has 0 aliphatic rings. The van der Waals surface area contributed by atoms with Gasteiger partial charge in [0.05, 0.1) is 4.47 Å². The van der Waals surface area contributed by atoms with Gasteiger partial charge in [-0.1, -0.05) is 0 Å². The zero-order valence-electron chi connectivity index (χ0n) is 8.57. The highest BCUT2D eigenvalue weighted by molar-refractivity contribution is 9.10. The van der Waals surface area contributed by atoms with E-state index in [2.05, 4.69) is 41.2 Å². The van der Waals surface area contributed by atoms with Gasteiger partial charge in [-0.25, -0.2) is 15.0 Å². The van der Waals surface area contributed by atoms with Gasteiger partial charge in [0.2, 0.25) is 5.95 Å². The third-order valence-corrected chi connectivity index (χ3v) is 3.48. The van der Waals surface area contributed by atoms with E-state index in [1.807, 2.05) is 6.92 Å². The molecule has 2 heterocycles. The molecule has 0 aliphatic carbocycles. The highest BCUT2D eigenvalue weighted by Crippen LogP contribution is 2.29. The van der Waals surface area contributed by atoms with Crippen LogP contribution in [0.5, 0.6) is 0 Å². The first-order chi connectivity index (χ1) is 7.79. The van der Waals surface area contributed by atoms with Gasteiger partial charge in [-0.15, -0.1) is 0 Å². The van der Waals surface area contributed by atoms with Gasteiger partial charge in [-0.2, -0.15) is 0 Å². The molecule has 84 valence electrons. The molecular weight excluding hydrogens is 290 g/mol. The van der Waals surface area contributed by atoms with Gasteiger partial charge in [0.15, 0.2) is 5.16 Å². The Morgan fingerprint density at radius 1 is 1.50 bits per heavy atom. The maximum atomic E-state index is 4.37. The van der Waals surface area contributed by atoms with Crippen molar-refractivity contribution >= 4 is 33.6 Å². The van der Waals surface area contributed by atoms with Crippen molar-refractivity contribution in [3.63, 3.8) is 0 Å². The van der Waals surface area contributed by atoms with Gasteiger partial charge in [-0.05, 0) is 34.6 Å². The Labute approximate surface area is 106 Å². The molecule has 5 nitrogen and oxygen atoms in total. The van der Waals surface area contributed by atoms with E-state index < -0.39 is 0 Å². The summed E-state index contributed by atoms with van der Waals surface area (Å²) in [5, 5.41) is 4.71. The summed E-state index contributed by atoms with van der Waals surface area (Å²) < 4.78 is 0.857. The second-order valence-electron chi connectivity index (χ2n) is 2.87. The van der Waals surface area contributed by atoms with Gasteiger partial charge < -0.3 is 10.3 Å². The summed E-state index contributed by atoms with van der Waals surface area (Å²) in [6, 6.07) is 0. The first kappa shape index (κ1) is 11.4. The number of nitrogens with zero attached hydrogens (tertiary/aromatic N) is 3. The van der Waals surface area contributed by atoms with Gasteiger partial charge in [0.25, 0.3) is 0 Å². The highest BCUT2D eigenvalue weighted by Gasteiger charge is 2.07. The second-order valence-corrected chi connectivity index (χ2v) is 4.71. The van der Waals surface area contributed by atoms with Crippen LogP contribution in [0, 0.1) is 0 Å². The first-order valence-electron chi connectivity index (χ1n) is 4.73. The summed E-state index contributed by atoms with van der Waals surface area (Å²) in [5.41, 5.74) is 0. The van der Waals surface area contributed by atoms with Crippen LogP contribution < -0.4 is 5.32 Å². The van der Waals surface area contributed by atoms with Crippen molar-refractivity contribution < 1.29 is 0 Å². The fourth-order valence-corrected chi connectivity index (χ4v) is 2.20. The van der Waals surface area contributed by atoms with Gasteiger partial charge in [0, 0.05) is 25.1 Å². The van der Waals surface area contributed by atoms with Crippen LogP contribution in [0.3, 0.4) is 0 Å². The topological polar surface area (TPSA) is 66.5 Å². The molecule has 7 heteroatoms. The normalized spacial score (nSPS) is 10.4. The van der Waals surface area contributed by atoms with Crippen molar-refractivity contribution in [2.24, 2.45) is 0 Å². The molecule has 0 saturated heterocycles. The number of imidazole rings is 1. The SMILES string of the molecule is CCNc1ncc(Br)c(Sc2ncc[nH]2)n1. The van der Waals surface area contributed by atoms with Gasteiger partial charge >= 0.3 is 0 Å². The van der Waals surface area contributed by atoms with Crippen LogP contribution in [0.4, 0.5) is 5.95 Å². The largest absolute Gasteiger partial charge is 0.354 e. The summed E-state index contributed by atoms with van der Waals surface area (Å²) in [7, 11) is 0. The molecule has 0 aliphatic heterocycles. The van der Waals surface area contributed by atoms with Gasteiger partial charge in [0.1, 0.15) is 5.03 Å². The number of nitrogens with one attached hydrogen (secondary N) is 2. The molecule has 0 unspecified atom stereocenters. The molecule has 2 N–H and O–H groups in total. The lowest BCUT2D eigenvalue weighted by Crippen LogP contribution is -2.02. The molecule has 0 aromatic carbocycles. The maximum Gasteiger partial charge on any atom is 0.223 e. The van der Waals surface area contributed by atoms with Crippen LogP contribution in [0.2, 0.25) is 0 Å². The Hall–Kier alpha value is -1.08. The van der Waals surface area contributed by atoms with Crippen molar-refractivity contribution in [1.82, 2.24) is 19.9 Å². The number of H-pyrrole nitrogens is 1. The fourth-order valence-electron chi connectivity index (χ4n) is 1.06. The lowest BCUT2D eigenvalue weighted by atomic mass is 10.6. The van der Waals surface area contributed by atoms with E-state index in [0.29, 0.717) is 5.95 Å². The van der Waals surface area contributed by atoms with E-state index in [9.17, 15) is 0 Å². The van der Waals surface area contributed by atoms with E-state index >= 15 is 0 Å². The predicted octanol–water partition coefficient (Wildman–Crippen LogP) is 2.55. The fraction of sp³-hybridized carbons (Fsp3) is 0.222. The zero-order valence-corrected chi connectivity index (χ0v) is 11.0. The molecule has 0 spiro atoms. The first-order valence-corrected chi connectivity index (χ1v) is 6.34. The molecule has 0 amide bonds. The Balaban J connectivity index is 2.21. The molecule has 2 aromatic rings. The monoisotopic (exact) mass is 299 g/mol. The van der Waals surface area contributed by atoms with Gasteiger partial charge in [-0.3, -0.25) is 0 Å². The number of hydrogen-bond acceptors (Lipinski definition) is 5. The number of halogens is 1. The Bertz CT molecular complexity index is 459. The minimum atomic E-state index is 0.625. The van der Waals surface area contributed by atoms with E-state index in [1.54, 1.807) is 18.6 Å². The molecule has 0 atom stereocenters. The lowest BCUT2D eigenvalue weighted by Gasteiger charge is -2.04. The molecule has 16 heavy (non-hydrogen) atoms. The summed E-state index contributed by atoms with van der Waals surface area (Å²) in [4.78, 5) is 15.7. The number of aromatic nitrogens is 4. The number of anilines is 1. The summed E-state index contributed by atoms with van der Waals surface area (Å²) >= 11 is 4.87. The Morgan fingerprint density at radius 2 is 2.38 bits per heavy atom. The van der Waals surface area contributed by atoms with Crippen LogP contribution in [-0.2, 0) is 0 Å². The smallest absolute Gasteiger partial charge is 0.223 e. The predicted molar refractivity (Wildman–Crippen MR) is 66.6 cm³/mol. The molecule has 0 saturated carbocycles. The Kier molecular flexibility index (Phi) is 3.79. The average Bonchev–Trinajstić information content (AvgIpc) is 2.76. The highest BCUT2D eigenvalue weighted by atomic mass is 79.9. The number of hydrogen-bond donors (Lipinski definition) is 2. The number of rotatable bonds is 4. The van der Waals surface area contributed by atoms with Crippen molar-refractivity contribution in [2.75, 3.05) is 11.9 Å². The maximum absolute atomic E-state index is 4.37. The Morgan fingerprint density at radius 3 is 3.06 bits per heavy atom.